The fourth-order valence-electron chi connectivity index (χ4n) is 3.20. The van der Waals surface area contributed by atoms with Gasteiger partial charge in [0.25, 0.3) is 0 Å². The molecule has 0 saturated carbocycles. The molecule has 0 bridgehead atoms. The fourth-order valence-corrected chi connectivity index (χ4v) is 3.20. The predicted octanol–water partition coefficient (Wildman–Crippen LogP) is 4.75. The average Bonchev–Trinajstić information content (AvgIpc) is 2.57. The highest BCUT2D eigenvalue weighted by Crippen LogP contribution is 2.36. The van der Waals surface area contributed by atoms with Crippen molar-refractivity contribution in [2.75, 3.05) is 0 Å². The number of fused-ring (bicyclic) bond motifs is 1. The molecule has 0 amide bonds. The van der Waals surface area contributed by atoms with Crippen LogP contribution in [0, 0.1) is 0 Å². The maximum Gasteiger partial charge on any atom is 0.190 e. The Morgan fingerprint density at radius 3 is 1.91 bits per heavy atom. The summed E-state index contributed by atoms with van der Waals surface area (Å²) in [4.78, 5) is 25.5. The van der Waals surface area contributed by atoms with Gasteiger partial charge in [0.2, 0.25) is 0 Å². The first-order valence-corrected chi connectivity index (χ1v) is 7.85. The predicted molar refractivity (Wildman–Crippen MR) is 91.9 cm³/mol. The number of rotatable bonds is 3. The van der Waals surface area contributed by atoms with Gasteiger partial charge in [0.15, 0.2) is 11.6 Å². The molecule has 0 aromatic heterocycles. The lowest BCUT2D eigenvalue weighted by Gasteiger charge is -2.29. The van der Waals surface area contributed by atoms with Gasteiger partial charge in [0, 0.05) is 22.3 Å². The van der Waals surface area contributed by atoms with Gasteiger partial charge < -0.3 is 0 Å². The summed E-state index contributed by atoms with van der Waals surface area (Å²) in [5, 5.41) is 0. The molecule has 1 aliphatic rings. The molecule has 0 fully saturated rings. The quantitative estimate of drug-likeness (QED) is 0.820. The molecule has 2 nitrogen and oxygen atoms in total. The molecular formula is C21H20O2. The smallest absolute Gasteiger partial charge is 0.190 e. The van der Waals surface area contributed by atoms with Crippen LogP contribution in [-0.4, -0.2) is 11.6 Å². The zero-order chi connectivity index (χ0) is 16.6. The molecule has 2 heteroatoms. The molecule has 0 spiro atoms. The third-order valence-electron chi connectivity index (χ3n) is 4.66. The first kappa shape index (κ1) is 15.4. The summed E-state index contributed by atoms with van der Waals surface area (Å²) in [5.74, 6) is -0.0410. The second-order valence-electron chi connectivity index (χ2n) is 6.73. The van der Waals surface area contributed by atoms with Crippen LogP contribution in [0.3, 0.4) is 0 Å². The summed E-state index contributed by atoms with van der Waals surface area (Å²) in [7, 11) is 0. The Bertz CT molecular complexity index is 811. The van der Waals surface area contributed by atoms with Gasteiger partial charge in [-0.3, -0.25) is 9.59 Å². The number of Topliss-reactive ketones (excluding diaryl/α,β-unsaturated/α-hetero) is 2. The van der Waals surface area contributed by atoms with Gasteiger partial charge in [0.1, 0.15) is 0 Å². The normalized spacial score (nSPS) is 14.9. The molecule has 0 saturated heterocycles. The number of allylic oxidation sites excluding steroid dienone is 2. The van der Waals surface area contributed by atoms with Crippen molar-refractivity contribution >= 4 is 11.6 Å². The molecule has 2 aromatic rings. The van der Waals surface area contributed by atoms with Crippen LogP contribution in [0.2, 0.25) is 0 Å². The second kappa shape index (κ2) is 5.62. The average molecular weight is 304 g/mol. The van der Waals surface area contributed by atoms with E-state index < -0.39 is 0 Å². The minimum Gasteiger partial charge on any atom is -0.289 e. The van der Waals surface area contributed by atoms with Crippen LogP contribution in [0.5, 0.6) is 0 Å². The maximum atomic E-state index is 12.9. The molecule has 3 rings (SSSR count). The Balaban J connectivity index is 2.02. The van der Waals surface area contributed by atoms with Gasteiger partial charge >= 0.3 is 0 Å². The van der Waals surface area contributed by atoms with Crippen molar-refractivity contribution in [2.24, 2.45) is 0 Å². The van der Waals surface area contributed by atoms with E-state index in [1.54, 1.807) is 25.1 Å². The summed E-state index contributed by atoms with van der Waals surface area (Å²) in [6.07, 6.45) is 0.557. The molecule has 1 aliphatic carbocycles. The third-order valence-corrected chi connectivity index (χ3v) is 4.66. The highest BCUT2D eigenvalue weighted by atomic mass is 16.1. The number of carbonyl (C=O) groups excluding carboxylic acids is 2. The summed E-state index contributed by atoms with van der Waals surface area (Å²) < 4.78 is 0. The number of ketones is 2. The lowest BCUT2D eigenvalue weighted by Crippen LogP contribution is -2.26. The monoisotopic (exact) mass is 304 g/mol. The second-order valence-corrected chi connectivity index (χ2v) is 6.73. The molecule has 0 atom stereocenters. The first-order valence-electron chi connectivity index (χ1n) is 7.85. The van der Waals surface area contributed by atoms with E-state index in [0.717, 1.165) is 0 Å². The van der Waals surface area contributed by atoms with Crippen molar-refractivity contribution < 1.29 is 9.59 Å². The lowest BCUT2D eigenvalue weighted by atomic mass is 9.74. The van der Waals surface area contributed by atoms with E-state index in [9.17, 15) is 9.59 Å². The zero-order valence-electron chi connectivity index (χ0n) is 13.7. The van der Waals surface area contributed by atoms with E-state index in [1.165, 1.54) is 5.56 Å². The van der Waals surface area contributed by atoms with Crippen LogP contribution in [0.1, 0.15) is 53.5 Å². The van der Waals surface area contributed by atoms with E-state index in [0.29, 0.717) is 28.7 Å². The lowest BCUT2D eigenvalue weighted by molar-refractivity contribution is 0.0969. The first-order chi connectivity index (χ1) is 10.9. The van der Waals surface area contributed by atoms with E-state index >= 15 is 0 Å². The third kappa shape index (κ3) is 2.65. The molecule has 0 unspecified atom stereocenters. The van der Waals surface area contributed by atoms with Gasteiger partial charge in [-0.1, -0.05) is 68.4 Å². The van der Waals surface area contributed by atoms with Crippen LogP contribution in [0.15, 0.2) is 65.7 Å². The number of benzene rings is 2. The van der Waals surface area contributed by atoms with Crippen LogP contribution in [-0.2, 0) is 5.41 Å². The Morgan fingerprint density at radius 2 is 1.30 bits per heavy atom. The van der Waals surface area contributed by atoms with Gasteiger partial charge in [-0.15, -0.1) is 0 Å². The summed E-state index contributed by atoms with van der Waals surface area (Å²) >= 11 is 0. The van der Waals surface area contributed by atoms with Gasteiger partial charge in [-0.05, 0) is 24.3 Å². The van der Waals surface area contributed by atoms with Gasteiger partial charge in [0.05, 0.1) is 0 Å². The Labute approximate surface area is 136 Å². The molecule has 116 valence electrons. The van der Waals surface area contributed by atoms with Crippen molar-refractivity contribution in [3.63, 3.8) is 0 Å². The Hall–Kier alpha value is -2.48. The van der Waals surface area contributed by atoms with Crippen LogP contribution in [0.4, 0.5) is 0 Å². The largest absolute Gasteiger partial charge is 0.289 e. The molecule has 2 aromatic carbocycles. The maximum absolute atomic E-state index is 12.9. The number of hydrogen-bond acceptors (Lipinski definition) is 2. The summed E-state index contributed by atoms with van der Waals surface area (Å²) in [6.45, 7) is 5.99. The summed E-state index contributed by atoms with van der Waals surface area (Å²) in [6, 6.07) is 17.2. The van der Waals surface area contributed by atoms with Crippen LogP contribution in [0.25, 0.3) is 0 Å². The highest BCUT2D eigenvalue weighted by molar-refractivity contribution is 6.26. The van der Waals surface area contributed by atoms with Crippen molar-refractivity contribution in [3.05, 3.63) is 82.4 Å². The standard InChI is InChI=1S/C21H20O2/c1-14-18(13-21(2,3)15-9-5-4-6-10-15)20(23)17-12-8-7-11-16(17)19(14)22/h4-12H,13H2,1-3H3. The zero-order valence-corrected chi connectivity index (χ0v) is 13.7. The number of carbonyl (C=O) groups is 2. The minimum atomic E-state index is -0.208. The summed E-state index contributed by atoms with van der Waals surface area (Å²) in [5.41, 5.74) is 3.23. The van der Waals surface area contributed by atoms with E-state index in [-0.39, 0.29) is 17.0 Å². The molecular weight excluding hydrogens is 284 g/mol. The number of hydrogen-bond donors (Lipinski definition) is 0. The molecule has 0 heterocycles. The van der Waals surface area contributed by atoms with Crippen molar-refractivity contribution in [1.29, 1.82) is 0 Å². The van der Waals surface area contributed by atoms with E-state index in [4.69, 9.17) is 0 Å². The van der Waals surface area contributed by atoms with Crippen LogP contribution >= 0.6 is 0 Å². The minimum absolute atomic E-state index is 0.0123. The molecule has 0 radical (unpaired) electrons. The molecule has 0 N–H and O–H groups in total. The Kier molecular flexibility index (Phi) is 3.77. The van der Waals surface area contributed by atoms with Crippen molar-refractivity contribution in [3.8, 4) is 0 Å². The van der Waals surface area contributed by atoms with Crippen LogP contribution < -0.4 is 0 Å². The molecule has 0 aliphatic heterocycles. The van der Waals surface area contributed by atoms with Crippen molar-refractivity contribution in [1.82, 2.24) is 0 Å². The van der Waals surface area contributed by atoms with E-state index in [2.05, 4.69) is 26.0 Å². The highest BCUT2D eigenvalue weighted by Gasteiger charge is 2.33. The Morgan fingerprint density at radius 1 is 0.783 bits per heavy atom. The fraction of sp³-hybridized carbons (Fsp3) is 0.238. The SMILES string of the molecule is CC1=C(CC(C)(C)c2ccccc2)C(=O)c2ccccc2C1=O. The van der Waals surface area contributed by atoms with Crippen molar-refractivity contribution in [2.45, 2.75) is 32.6 Å². The van der Waals surface area contributed by atoms with Gasteiger partial charge in [-0.2, -0.15) is 0 Å². The van der Waals surface area contributed by atoms with Gasteiger partial charge in [-0.25, -0.2) is 0 Å². The molecule has 23 heavy (non-hydrogen) atoms. The van der Waals surface area contributed by atoms with E-state index in [1.807, 2.05) is 24.3 Å². The topological polar surface area (TPSA) is 34.1 Å².